The number of hydrogen-bond donors (Lipinski definition) is 1. The molecule has 0 aliphatic rings. The van der Waals surface area contributed by atoms with Crippen molar-refractivity contribution >= 4 is 10.9 Å². The Balaban J connectivity index is 1.67. The maximum atomic E-state index is 12.9. The monoisotopic (exact) mass is 461 g/mol. The molecule has 0 radical (unpaired) electrons. The number of hydrogen-bond acceptors (Lipinski definition) is 7. The van der Waals surface area contributed by atoms with Crippen LogP contribution in [-0.2, 0) is 25.2 Å². The molecule has 34 heavy (non-hydrogen) atoms. The van der Waals surface area contributed by atoms with E-state index in [-0.39, 0.29) is 11.1 Å². The van der Waals surface area contributed by atoms with E-state index in [1.54, 1.807) is 6.20 Å². The number of nitrogens with zero attached hydrogens (tertiary/aromatic N) is 6. The fourth-order valence-electron chi connectivity index (χ4n) is 3.89. The number of nitrogens with one attached hydrogen (secondary N) is 1. The molecule has 0 fully saturated rings. The molecule has 0 unspecified atom stereocenters. The normalized spacial score (nSPS) is 11.9. The fourth-order valence-corrected chi connectivity index (χ4v) is 3.89. The van der Waals surface area contributed by atoms with Crippen LogP contribution in [0.25, 0.3) is 10.9 Å². The lowest BCUT2D eigenvalue weighted by atomic mass is 10.0. The predicted molar refractivity (Wildman–Crippen MR) is 130 cm³/mol. The van der Waals surface area contributed by atoms with E-state index in [0.29, 0.717) is 31.8 Å². The molecule has 0 spiro atoms. The summed E-state index contributed by atoms with van der Waals surface area (Å²) in [5.41, 5.74) is 2.17. The molecule has 0 amide bonds. The molecular formula is C25H31N7O2. The van der Waals surface area contributed by atoms with E-state index in [1.165, 1.54) is 0 Å². The molecule has 4 rings (SSSR count). The third-order valence-corrected chi connectivity index (χ3v) is 6.06. The van der Waals surface area contributed by atoms with Crippen LogP contribution in [0.5, 0.6) is 5.75 Å². The number of benzene rings is 1. The highest BCUT2D eigenvalue weighted by Gasteiger charge is 2.25. The second-order valence-corrected chi connectivity index (χ2v) is 8.99. The van der Waals surface area contributed by atoms with Gasteiger partial charge in [-0.3, -0.25) is 14.7 Å². The number of aromatic amines is 1. The zero-order valence-corrected chi connectivity index (χ0v) is 20.2. The van der Waals surface area contributed by atoms with Crippen molar-refractivity contribution < 1.29 is 4.74 Å². The van der Waals surface area contributed by atoms with E-state index in [4.69, 9.17) is 4.74 Å². The van der Waals surface area contributed by atoms with Gasteiger partial charge in [0.25, 0.3) is 5.56 Å². The van der Waals surface area contributed by atoms with Crippen LogP contribution in [0.4, 0.5) is 0 Å². The first kappa shape index (κ1) is 23.6. The van der Waals surface area contributed by atoms with Gasteiger partial charge in [0.05, 0.1) is 18.7 Å². The van der Waals surface area contributed by atoms with Gasteiger partial charge in [0, 0.05) is 41.9 Å². The van der Waals surface area contributed by atoms with Crippen LogP contribution < -0.4 is 10.3 Å². The van der Waals surface area contributed by atoms with Crippen LogP contribution in [0.2, 0.25) is 0 Å². The first-order valence-corrected chi connectivity index (χ1v) is 11.6. The summed E-state index contributed by atoms with van der Waals surface area (Å²) in [5.74, 6) is 1.53. The second-order valence-electron chi connectivity index (χ2n) is 8.99. The zero-order chi connectivity index (χ0) is 24.1. The topological polar surface area (TPSA) is 102 Å². The lowest BCUT2D eigenvalue weighted by Crippen LogP contribution is -2.32. The number of H-pyrrole nitrogens is 1. The van der Waals surface area contributed by atoms with Crippen molar-refractivity contribution in [3.63, 3.8) is 0 Å². The average Bonchev–Trinajstić information content (AvgIpc) is 3.30. The number of fused-ring (bicyclic) bond motifs is 1. The average molecular weight is 462 g/mol. The van der Waals surface area contributed by atoms with Crippen molar-refractivity contribution in [3.05, 3.63) is 76.1 Å². The van der Waals surface area contributed by atoms with Gasteiger partial charge in [-0.05, 0) is 73.5 Å². The number of tetrazole rings is 1. The molecule has 4 aromatic rings. The molecule has 0 atom stereocenters. The Morgan fingerprint density at radius 1 is 1.12 bits per heavy atom. The van der Waals surface area contributed by atoms with Gasteiger partial charge in [-0.25, -0.2) is 4.68 Å². The first-order chi connectivity index (χ1) is 16.4. The molecule has 0 bridgehead atoms. The Bertz CT molecular complexity index is 1300. The summed E-state index contributed by atoms with van der Waals surface area (Å²) in [6, 6.07) is 11.6. The van der Waals surface area contributed by atoms with Crippen molar-refractivity contribution in [1.82, 2.24) is 35.1 Å². The van der Waals surface area contributed by atoms with E-state index >= 15 is 0 Å². The zero-order valence-electron chi connectivity index (χ0n) is 20.2. The van der Waals surface area contributed by atoms with Crippen LogP contribution in [0, 0.1) is 0 Å². The summed E-state index contributed by atoms with van der Waals surface area (Å²) >= 11 is 0. The SMILES string of the molecule is CCOc1ccc2[nH]c(=O)c(CN(Cc3cccnc3)Cc3nnnn3C(C)(C)CC)cc2c1. The molecule has 0 aliphatic heterocycles. The maximum absolute atomic E-state index is 12.9. The van der Waals surface area contributed by atoms with Crippen LogP contribution >= 0.6 is 0 Å². The van der Waals surface area contributed by atoms with Crippen molar-refractivity contribution in [2.24, 2.45) is 0 Å². The molecule has 0 saturated heterocycles. The van der Waals surface area contributed by atoms with Gasteiger partial charge in [0.15, 0.2) is 5.82 Å². The van der Waals surface area contributed by atoms with E-state index in [1.807, 2.05) is 54.2 Å². The molecule has 1 N–H and O–H groups in total. The Labute approximate surface area is 198 Å². The van der Waals surface area contributed by atoms with Crippen LogP contribution in [-0.4, -0.2) is 41.7 Å². The molecule has 178 valence electrons. The molecule has 1 aromatic carbocycles. The molecule has 9 heteroatoms. The number of ether oxygens (including phenoxy) is 1. The molecule has 3 aromatic heterocycles. The van der Waals surface area contributed by atoms with E-state index in [2.05, 4.69) is 51.2 Å². The Kier molecular flexibility index (Phi) is 7.02. The lowest BCUT2D eigenvalue weighted by molar-refractivity contribution is 0.216. The summed E-state index contributed by atoms with van der Waals surface area (Å²) < 4.78 is 7.51. The van der Waals surface area contributed by atoms with Crippen molar-refractivity contribution in [2.75, 3.05) is 6.61 Å². The summed E-state index contributed by atoms with van der Waals surface area (Å²) in [6.07, 6.45) is 4.48. The van der Waals surface area contributed by atoms with Gasteiger partial charge in [-0.1, -0.05) is 13.0 Å². The molecule has 0 aliphatic carbocycles. The highest BCUT2D eigenvalue weighted by molar-refractivity contribution is 5.80. The highest BCUT2D eigenvalue weighted by Crippen LogP contribution is 2.22. The van der Waals surface area contributed by atoms with Crippen LogP contribution in [0.1, 0.15) is 51.1 Å². The number of aromatic nitrogens is 6. The van der Waals surface area contributed by atoms with Gasteiger partial charge in [0.1, 0.15) is 5.75 Å². The minimum Gasteiger partial charge on any atom is -0.494 e. The van der Waals surface area contributed by atoms with Crippen molar-refractivity contribution in [3.8, 4) is 5.75 Å². The van der Waals surface area contributed by atoms with Crippen molar-refractivity contribution in [1.29, 1.82) is 0 Å². The smallest absolute Gasteiger partial charge is 0.252 e. The fraction of sp³-hybridized carbons (Fsp3) is 0.400. The largest absolute Gasteiger partial charge is 0.494 e. The maximum Gasteiger partial charge on any atom is 0.252 e. The summed E-state index contributed by atoms with van der Waals surface area (Å²) in [6.45, 7) is 10.4. The van der Waals surface area contributed by atoms with Gasteiger partial charge in [-0.2, -0.15) is 0 Å². The highest BCUT2D eigenvalue weighted by atomic mass is 16.5. The Morgan fingerprint density at radius 3 is 2.71 bits per heavy atom. The third-order valence-electron chi connectivity index (χ3n) is 6.06. The van der Waals surface area contributed by atoms with E-state index < -0.39 is 0 Å². The van der Waals surface area contributed by atoms with Crippen molar-refractivity contribution in [2.45, 2.75) is 59.3 Å². The van der Waals surface area contributed by atoms with E-state index in [0.717, 1.165) is 34.5 Å². The summed E-state index contributed by atoms with van der Waals surface area (Å²) in [5, 5.41) is 13.4. The molecule has 3 heterocycles. The van der Waals surface area contributed by atoms with Crippen LogP contribution in [0.3, 0.4) is 0 Å². The minimum atomic E-state index is -0.213. The van der Waals surface area contributed by atoms with Gasteiger partial charge < -0.3 is 9.72 Å². The second kappa shape index (κ2) is 10.1. The number of pyridine rings is 2. The Hall–Kier alpha value is -3.59. The van der Waals surface area contributed by atoms with Gasteiger partial charge in [-0.15, -0.1) is 5.10 Å². The minimum absolute atomic E-state index is 0.110. The first-order valence-electron chi connectivity index (χ1n) is 11.6. The summed E-state index contributed by atoms with van der Waals surface area (Å²) in [4.78, 5) is 22.3. The third kappa shape index (κ3) is 5.31. The molecular weight excluding hydrogens is 430 g/mol. The summed E-state index contributed by atoms with van der Waals surface area (Å²) in [7, 11) is 0. The van der Waals surface area contributed by atoms with Gasteiger partial charge >= 0.3 is 0 Å². The van der Waals surface area contributed by atoms with Gasteiger partial charge in [0.2, 0.25) is 0 Å². The Morgan fingerprint density at radius 2 is 1.97 bits per heavy atom. The quantitative estimate of drug-likeness (QED) is 0.384. The van der Waals surface area contributed by atoms with E-state index in [9.17, 15) is 4.79 Å². The number of rotatable bonds is 10. The molecule has 9 nitrogen and oxygen atoms in total. The predicted octanol–water partition coefficient (Wildman–Crippen LogP) is 3.66. The van der Waals surface area contributed by atoms with Crippen LogP contribution in [0.15, 0.2) is 53.6 Å². The standard InChI is InChI=1S/C25H31N7O2/c1-5-25(3,4)32-23(28-29-30-32)17-31(15-18-8-7-11-26-14-18)16-20-12-19-13-21(34-6-2)9-10-22(19)27-24(20)33/h7-14H,5-6,15-17H2,1-4H3,(H,27,33). The lowest BCUT2D eigenvalue weighted by Gasteiger charge is -2.27. The molecule has 0 saturated carbocycles.